The topological polar surface area (TPSA) is 70.1 Å². The van der Waals surface area contributed by atoms with Crippen molar-refractivity contribution in [2.45, 2.75) is 26.4 Å². The quantitative estimate of drug-likeness (QED) is 0.728. The van der Waals surface area contributed by atoms with Gasteiger partial charge in [-0.25, -0.2) is 9.59 Å². The van der Waals surface area contributed by atoms with Gasteiger partial charge in [-0.2, -0.15) is 0 Å². The highest BCUT2D eigenvalue weighted by Crippen LogP contribution is 2.22. The Balaban J connectivity index is 2.02. The molecule has 1 aromatic carbocycles. The second kappa shape index (κ2) is 6.94. The Labute approximate surface area is 149 Å². The lowest BCUT2D eigenvalue weighted by Gasteiger charge is -2.36. The lowest BCUT2D eigenvalue weighted by molar-refractivity contribution is 0.0240. The van der Waals surface area contributed by atoms with Gasteiger partial charge < -0.3 is 19.6 Å². The van der Waals surface area contributed by atoms with Crippen molar-refractivity contribution in [3.05, 3.63) is 27.3 Å². The lowest BCUT2D eigenvalue weighted by atomic mass is 10.1. The summed E-state index contributed by atoms with van der Waals surface area (Å²) in [5.41, 5.74) is 0.653. The highest BCUT2D eigenvalue weighted by Gasteiger charge is 2.26. The predicted octanol–water partition coefficient (Wildman–Crippen LogP) is 3.05. The molecule has 1 N–H and O–H groups in total. The lowest BCUT2D eigenvalue weighted by Crippen LogP contribution is -2.50. The maximum Gasteiger partial charge on any atom is 0.410 e. The summed E-state index contributed by atoms with van der Waals surface area (Å²) < 4.78 is 6.26. The summed E-state index contributed by atoms with van der Waals surface area (Å²) >= 11 is 2.12. The first-order chi connectivity index (χ1) is 10.7. The Kier molecular flexibility index (Phi) is 5.38. The van der Waals surface area contributed by atoms with E-state index in [0.717, 1.165) is 9.26 Å². The Bertz CT molecular complexity index is 605. The second-order valence-corrected chi connectivity index (χ2v) is 7.70. The van der Waals surface area contributed by atoms with Crippen LogP contribution >= 0.6 is 22.6 Å². The van der Waals surface area contributed by atoms with Gasteiger partial charge in [-0.15, -0.1) is 0 Å². The van der Waals surface area contributed by atoms with Crippen LogP contribution < -0.4 is 4.90 Å². The first-order valence-electron chi connectivity index (χ1n) is 7.42. The van der Waals surface area contributed by atoms with Crippen LogP contribution in [-0.4, -0.2) is 53.8 Å². The van der Waals surface area contributed by atoms with Crippen molar-refractivity contribution in [1.29, 1.82) is 0 Å². The normalized spacial score (nSPS) is 15.5. The maximum absolute atomic E-state index is 12.1. The summed E-state index contributed by atoms with van der Waals surface area (Å²) in [5, 5.41) is 9.16. The average molecular weight is 432 g/mol. The highest BCUT2D eigenvalue weighted by atomic mass is 127. The number of carbonyl (C=O) groups excluding carboxylic acids is 1. The number of carboxylic acids is 1. The van der Waals surface area contributed by atoms with Crippen molar-refractivity contribution < 1.29 is 19.4 Å². The molecule has 0 saturated carbocycles. The molecule has 0 aromatic heterocycles. The van der Waals surface area contributed by atoms with Gasteiger partial charge in [0.15, 0.2) is 0 Å². The van der Waals surface area contributed by atoms with E-state index in [1.54, 1.807) is 17.0 Å². The third-order valence-corrected chi connectivity index (χ3v) is 4.05. The van der Waals surface area contributed by atoms with Crippen LogP contribution in [0.25, 0.3) is 0 Å². The van der Waals surface area contributed by atoms with Gasteiger partial charge in [0.05, 0.1) is 5.56 Å². The number of nitrogens with zero attached hydrogens (tertiary/aromatic N) is 2. The van der Waals surface area contributed by atoms with Gasteiger partial charge in [-0.05, 0) is 61.6 Å². The number of ether oxygens (including phenoxy) is 1. The number of benzene rings is 1. The minimum atomic E-state index is -0.933. The van der Waals surface area contributed by atoms with Crippen LogP contribution in [0, 0.1) is 3.57 Å². The summed E-state index contributed by atoms with van der Waals surface area (Å²) in [4.78, 5) is 27.0. The fraction of sp³-hybridized carbons (Fsp3) is 0.500. The smallest absolute Gasteiger partial charge is 0.410 e. The predicted molar refractivity (Wildman–Crippen MR) is 96.1 cm³/mol. The fourth-order valence-electron chi connectivity index (χ4n) is 2.35. The molecular formula is C16H21IN2O4. The number of piperazine rings is 1. The number of amides is 1. The third-order valence-electron chi connectivity index (χ3n) is 3.43. The van der Waals surface area contributed by atoms with Crippen LogP contribution in [0.4, 0.5) is 10.5 Å². The average Bonchev–Trinajstić information content (AvgIpc) is 2.45. The van der Waals surface area contributed by atoms with E-state index < -0.39 is 11.6 Å². The number of halogens is 1. The number of aromatic carboxylic acids is 1. The zero-order valence-electron chi connectivity index (χ0n) is 13.5. The van der Waals surface area contributed by atoms with E-state index in [2.05, 4.69) is 27.5 Å². The number of anilines is 1. The van der Waals surface area contributed by atoms with Crippen LogP contribution in [0.15, 0.2) is 18.2 Å². The summed E-state index contributed by atoms with van der Waals surface area (Å²) in [6.45, 7) is 7.96. The summed E-state index contributed by atoms with van der Waals surface area (Å²) in [6.07, 6.45) is -0.300. The number of rotatable bonds is 2. The SMILES string of the molecule is CC(C)(C)OC(=O)N1CCN(c2cc(I)cc(C(=O)O)c2)CC1. The van der Waals surface area contributed by atoms with Crippen LogP contribution in [0.5, 0.6) is 0 Å². The number of carboxylic acid groups (broad SMARTS) is 1. The standard InChI is InChI=1S/C16H21IN2O4/c1-16(2,3)23-15(22)19-6-4-18(5-7-19)13-9-11(14(20)21)8-12(17)10-13/h8-10H,4-7H2,1-3H3,(H,20,21). The van der Waals surface area contributed by atoms with Crippen LogP contribution in [0.2, 0.25) is 0 Å². The van der Waals surface area contributed by atoms with Crippen LogP contribution in [0.1, 0.15) is 31.1 Å². The molecule has 1 amide bonds. The number of carbonyl (C=O) groups is 2. The molecule has 0 unspecified atom stereocenters. The molecule has 23 heavy (non-hydrogen) atoms. The molecule has 6 nitrogen and oxygen atoms in total. The first-order valence-corrected chi connectivity index (χ1v) is 8.50. The van der Waals surface area contributed by atoms with Crippen molar-refractivity contribution in [1.82, 2.24) is 4.90 Å². The highest BCUT2D eigenvalue weighted by molar-refractivity contribution is 14.1. The molecule has 0 bridgehead atoms. The van der Waals surface area contributed by atoms with E-state index in [-0.39, 0.29) is 11.7 Å². The summed E-state index contributed by atoms with van der Waals surface area (Å²) in [6, 6.07) is 5.27. The maximum atomic E-state index is 12.1. The van der Waals surface area contributed by atoms with E-state index in [4.69, 9.17) is 9.84 Å². The minimum Gasteiger partial charge on any atom is -0.478 e. The molecule has 126 valence electrons. The summed E-state index contributed by atoms with van der Waals surface area (Å²) in [5.74, 6) is -0.933. The van der Waals surface area contributed by atoms with Crippen LogP contribution in [-0.2, 0) is 4.74 Å². The van der Waals surface area contributed by atoms with Gasteiger partial charge in [-0.1, -0.05) is 0 Å². The molecule has 0 radical (unpaired) electrons. The molecule has 1 fully saturated rings. The van der Waals surface area contributed by atoms with Crippen LogP contribution in [0.3, 0.4) is 0 Å². The van der Waals surface area contributed by atoms with E-state index in [1.807, 2.05) is 26.8 Å². The molecule has 2 rings (SSSR count). The number of hydrogen-bond donors (Lipinski definition) is 1. The molecule has 1 aliphatic heterocycles. The number of hydrogen-bond acceptors (Lipinski definition) is 4. The molecule has 1 aromatic rings. The largest absolute Gasteiger partial charge is 0.478 e. The van der Waals surface area contributed by atoms with Gasteiger partial charge in [-0.3, -0.25) is 0 Å². The van der Waals surface area contributed by atoms with E-state index >= 15 is 0 Å². The van der Waals surface area contributed by atoms with Gasteiger partial charge in [0.1, 0.15) is 5.60 Å². The summed E-state index contributed by atoms with van der Waals surface area (Å²) in [7, 11) is 0. The monoisotopic (exact) mass is 432 g/mol. The Hall–Kier alpha value is -1.51. The molecular weight excluding hydrogens is 411 g/mol. The molecule has 1 heterocycles. The van der Waals surface area contributed by atoms with Gasteiger partial charge in [0.2, 0.25) is 0 Å². The van der Waals surface area contributed by atoms with Crippen molar-refractivity contribution in [2.75, 3.05) is 31.1 Å². The Morgan fingerprint density at radius 2 is 1.74 bits per heavy atom. The van der Waals surface area contributed by atoms with E-state index in [9.17, 15) is 9.59 Å². The minimum absolute atomic E-state index is 0.279. The third kappa shape index (κ3) is 4.98. The van der Waals surface area contributed by atoms with E-state index in [0.29, 0.717) is 26.2 Å². The van der Waals surface area contributed by atoms with E-state index in [1.165, 1.54) is 0 Å². The van der Waals surface area contributed by atoms with Gasteiger partial charge in [0, 0.05) is 35.4 Å². The molecule has 0 atom stereocenters. The van der Waals surface area contributed by atoms with Crippen molar-refractivity contribution in [2.24, 2.45) is 0 Å². The fourth-order valence-corrected chi connectivity index (χ4v) is 3.01. The van der Waals surface area contributed by atoms with Crippen molar-refractivity contribution in [3.63, 3.8) is 0 Å². The second-order valence-electron chi connectivity index (χ2n) is 6.46. The van der Waals surface area contributed by atoms with Crippen molar-refractivity contribution >= 4 is 40.3 Å². The molecule has 7 heteroatoms. The molecule has 1 aliphatic rings. The van der Waals surface area contributed by atoms with Gasteiger partial charge in [0.25, 0.3) is 0 Å². The van der Waals surface area contributed by atoms with Crippen molar-refractivity contribution in [3.8, 4) is 0 Å². The first kappa shape index (κ1) is 17.8. The molecule has 0 aliphatic carbocycles. The Morgan fingerprint density at radius 1 is 1.13 bits per heavy atom. The zero-order chi connectivity index (χ0) is 17.2. The molecule has 1 saturated heterocycles. The Morgan fingerprint density at radius 3 is 2.26 bits per heavy atom. The zero-order valence-corrected chi connectivity index (χ0v) is 15.7. The molecule has 0 spiro atoms. The van der Waals surface area contributed by atoms with Gasteiger partial charge >= 0.3 is 12.1 Å².